The summed E-state index contributed by atoms with van der Waals surface area (Å²) in [6.07, 6.45) is 4.04. The molecule has 4 rings (SSSR count). The summed E-state index contributed by atoms with van der Waals surface area (Å²) in [5.74, 6) is 0.642. The number of hydrogen-bond acceptors (Lipinski definition) is 5. The van der Waals surface area contributed by atoms with E-state index >= 15 is 0 Å². The monoisotopic (exact) mass is 650 g/mol. The predicted molar refractivity (Wildman–Crippen MR) is 164 cm³/mol. The van der Waals surface area contributed by atoms with Gasteiger partial charge in [0.05, 0.1) is 11.0 Å². The Kier molecular flexibility index (Phi) is 10.8. The number of benzene rings is 3. The van der Waals surface area contributed by atoms with Gasteiger partial charge in [0, 0.05) is 42.2 Å². The number of hydrogen-bond donors (Lipinski definition) is 0. The number of nitro benzene ring substituents is 1. The molecule has 3 aromatic carbocycles. The first-order valence-corrected chi connectivity index (χ1v) is 15.7. The van der Waals surface area contributed by atoms with Crippen molar-refractivity contribution in [2.75, 3.05) is 22.9 Å². The molecule has 8 heteroatoms. The van der Waals surface area contributed by atoms with Crippen molar-refractivity contribution >= 4 is 32.8 Å². The standard InChI is InChI=1S/C32H39N3O3.ClH.Ru/c1-20(2)38-29-11-10-28(35(36)37)19-27(29)9-12-30-33(31-23(5)15-21(3)16-24(31)6)13-14-34(30)32-25(7)17-22(4)18-26(32)8;;/h9-12,15-20,30H,13-14H2,1-8H3;1H;/q;;+1/p-1/b12-9+;;. The van der Waals surface area contributed by atoms with Crippen molar-refractivity contribution in [3.05, 3.63) is 97.6 Å². The maximum atomic E-state index is 11.6. The van der Waals surface area contributed by atoms with E-state index in [0.29, 0.717) is 11.3 Å². The molecule has 40 heavy (non-hydrogen) atoms. The number of anilines is 2. The number of nitro groups is 1. The van der Waals surface area contributed by atoms with Gasteiger partial charge >= 0.3 is 27.0 Å². The minimum absolute atomic E-state index is 0.0428. The summed E-state index contributed by atoms with van der Waals surface area (Å²) in [5.41, 5.74) is 10.7. The molecule has 0 aliphatic carbocycles. The van der Waals surface area contributed by atoms with Gasteiger partial charge in [-0.25, -0.2) is 0 Å². The Hall–Kier alpha value is -2.89. The molecule has 0 amide bonds. The molecular weight excluding hydrogens is 611 g/mol. The molecule has 0 unspecified atom stereocenters. The molecule has 6 nitrogen and oxygen atoms in total. The first-order valence-electron chi connectivity index (χ1n) is 13.4. The number of rotatable bonds is 7. The van der Waals surface area contributed by atoms with Gasteiger partial charge in [-0.3, -0.25) is 10.1 Å². The van der Waals surface area contributed by atoms with Gasteiger partial charge in [0.15, 0.2) is 0 Å². The van der Waals surface area contributed by atoms with Crippen LogP contribution in [0.3, 0.4) is 0 Å². The van der Waals surface area contributed by atoms with Gasteiger partial charge in [-0.15, -0.1) is 0 Å². The molecule has 0 spiro atoms. The normalized spacial score (nSPS) is 13.7. The Morgan fingerprint density at radius 1 is 0.875 bits per heavy atom. The van der Waals surface area contributed by atoms with E-state index in [1.54, 1.807) is 12.1 Å². The van der Waals surface area contributed by atoms with Crippen LogP contribution in [0.5, 0.6) is 5.75 Å². The Morgan fingerprint density at radius 2 is 1.32 bits per heavy atom. The summed E-state index contributed by atoms with van der Waals surface area (Å²) in [6, 6.07) is 13.8. The molecule has 1 aliphatic heterocycles. The van der Waals surface area contributed by atoms with E-state index < -0.39 is 0 Å². The Bertz CT molecular complexity index is 1290. The Labute approximate surface area is 252 Å². The van der Waals surface area contributed by atoms with Crippen LogP contribution < -0.4 is 14.5 Å². The quantitative estimate of drug-likeness (QED) is 0.146. The molecule has 0 saturated carbocycles. The average Bonchev–Trinajstić information content (AvgIpc) is 3.25. The number of non-ortho nitro benzene ring substituents is 1. The first-order chi connectivity index (χ1) is 19.0. The molecule has 215 valence electrons. The van der Waals surface area contributed by atoms with Crippen molar-refractivity contribution in [3.63, 3.8) is 0 Å². The van der Waals surface area contributed by atoms with E-state index in [1.807, 2.05) is 37.2 Å². The molecule has 0 N–H and O–H groups in total. The second kappa shape index (κ2) is 13.7. The van der Waals surface area contributed by atoms with Crippen molar-refractivity contribution in [1.29, 1.82) is 0 Å². The number of ether oxygens (including phenoxy) is 1. The molecule has 1 aliphatic rings. The summed E-state index contributed by atoms with van der Waals surface area (Å²) in [6.45, 7) is 18.6. The van der Waals surface area contributed by atoms with Crippen molar-refractivity contribution < 1.29 is 27.0 Å². The number of nitrogens with zero attached hydrogens (tertiary/aromatic N) is 3. The van der Waals surface area contributed by atoms with Crippen LogP contribution in [-0.2, 0) is 17.3 Å². The van der Waals surface area contributed by atoms with Gasteiger partial charge in [-0.1, -0.05) is 41.5 Å². The molecular formula is C32H39ClN3O3Ru. The SMILES string of the molecule is Cc1cc(C)c(N2CCN(c3c(C)cc(C)cc3C)C2/C=C/c2cc([N+](=O)[O-])ccc2OC(C)C)c(C)c1.[Cl][Ru]. The zero-order valence-electron chi connectivity index (χ0n) is 24.6. The maximum absolute atomic E-state index is 11.6. The first kappa shape index (κ1) is 31.6. The summed E-state index contributed by atoms with van der Waals surface area (Å²) in [4.78, 5) is 16.1. The molecule has 1 heterocycles. The second-order valence-corrected chi connectivity index (χ2v) is 10.8. The van der Waals surface area contributed by atoms with Gasteiger partial charge in [0.2, 0.25) is 0 Å². The Morgan fingerprint density at radius 3 is 1.73 bits per heavy atom. The fourth-order valence-corrected chi connectivity index (χ4v) is 5.93. The minimum atomic E-state index is -0.358. The van der Waals surface area contributed by atoms with Crippen LogP contribution in [0.1, 0.15) is 52.8 Å². The fourth-order valence-electron chi connectivity index (χ4n) is 5.93. The molecule has 1 saturated heterocycles. The molecule has 3 aromatic rings. The zero-order chi connectivity index (χ0) is 29.7. The van der Waals surface area contributed by atoms with E-state index in [4.69, 9.17) is 4.74 Å². The van der Waals surface area contributed by atoms with Crippen LogP contribution in [0, 0.1) is 51.7 Å². The average molecular weight is 650 g/mol. The number of aryl methyl sites for hydroxylation is 6. The zero-order valence-corrected chi connectivity index (χ0v) is 27.1. The fraction of sp³-hybridized carbons (Fsp3) is 0.375. The third-order valence-electron chi connectivity index (χ3n) is 7.08. The predicted octanol–water partition coefficient (Wildman–Crippen LogP) is 8.29. The van der Waals surface area contributed by atoms with Gasteiger partial charge < -0.3 is 14.5 Å². The van der Waals surface area contributed by atoms with Crippen molar-refractivity contribution in [1.82, 2.24) is 0 Å². The van der Waals surface area contributed by atoms with E-state index in [9.17, 15) is 10.1 Å². The van der Waals surface area contributed by atoms with Crippen LogP contribution in [0.15, 0.2) is 48.5 Å². The Balaban J connectivity index is 0.00000216. The van der Waals surface area contributed by atoms with Gasteiger partial charge in [0.25, 0.3) is 5.69 Å². The van der Waals surface area contributed by atoms with E-state index in [-0.39, 0.29) is 22.9 Å². The third kappa shape index (κ3) is 7.05. The summed E-state index contributed by atoms with van der Waals surface area (Å²) < 4.78 is 6.02. The van der Waals surface area contributed by atoms with E-state index in [2.05, 4.69) is 91.4 Å². The van der Waals surface area contributed by atoms with Crippen LogP contribution in [0.25, 0.3) is 6.08 Å². The van der Waals surface area contributed by atoms with Crippen molar-refractivity contribution in [2.24, 2.45) is 0 Å². The van der Waals surface area contributed by atoms with Gasteiger partial charge in [-0.2, -0.15) is 0 Å². The van der Waals surface area contributed by atoms with Crippen molar-refractivity contribution in [3.8, 4) is 5.75 Å². The van der Waals surface area contributed by atoms with E-state index in [1.165, 1.54) is 50.8 Å². The number of halogens is 1. The van der Waals surface area contributed by atoms with Gasteiger partial charge in [0.1, 0.15) is 11.9 Å². The van der Waals surface area contributed by atoms with Gasteiger partial charge in [-0.05, 0) is 89.8 Å². The van der Waals surface area contributed by atoms with Crippen LogP contribution in [-0.4, -0.2) is 30.3 Å². The van der Waals surface area contributed by atoms with E-state index in [0.717, 1.165) is 13.1 Å². The molecule has 0 aromatic heterocycles. The van der Waals surface area contributed by atoms with Crippen LogP contribution in [0.4, 0.5) is 17.1 Å². The summed E-state index contributed by atoms with van der Waals surface area (Å²) >= 11 is 1.82. The molecule has 0 bridgehead atoms. The van der Waals surface area contributed by atoms with Crippen molar-refractivity contribution in [2.45, 2.75) is 67.7 Å². The van der Waals surface area contributed by atoms with Crippen LogP contribution in [0.2, 0.25) is 0 Å². The molecule has 0 radical (unpaired) electrons. The second-order valence-electron chi connectivity index (χ2n) is 10.8. The third-order valence-corrected chi connectivity index (χ3v) is 7.08. The molecule has 1 fully saturated rings. The topological polar surface area (TPSA) is 58.9 Å². The summed E-state index contributed by atoms with van der Waals surface area (Å²) in [7, 11) is 4.57. The van der Waals surface area contributed by atoms with Crippen LogP contribution >= 0.6 is 9.69 Å². The summed E-state index contributed by atoms with van der Waals surface area (Å²) in [5, 5.41) is 11.6. The molecule has 0 atom stereocenters.